The number of carbonyl (C=O) groups is 4. The van der Waals surface area contributed by atoms with Crippen molar-refractivity contribution in [2.24, 2.45) is 46.3 Å². The van der Waals surface area contributed by atoms with E-state index >= 15 is 0 Å². The van der Waals surface area contributed by atoms with Crippen molar-refractivity contribution in [1.82, 2.24) is 0 Å². The summed E-state index contributed by atoms with van der Waals surface area (Å²) >= 11 is 0. The van der Waals surface area contributed by atoms with Crippen molar-refractivity contribution in [1.29, 1.82) is 0 Å². The molecule has 0 unspecified atom stereocenters. The number of alkyl halides is 3. The number of esters is 4. The first-order valence-corrected chi connectivity index (χ1v) is 32.5. The lowest BCUT2D eigenvalue weighted by Crippen LogP contribution is -2.59. The molecular weight excluding hydrogens is 998 g/mol. The molecule has 0 heterocycles. The summed E-state index contributed by atoms with van der Waals surface area (Å²) in [5, 5.41) is 10.6. The van der Waals surface area contributed by atoms with Crippen LogP contribution in [0.4, 0.5) is 13.2 Å². The highest BCUT2D eigenvalue weighted by Crippen LogP contribution is 2.69. The van der Waals surface area contributed by atoms with Gasteiger partial charge in [0.05, 0.1) is 6.10 Å². The van der Waals surface area contributed by atoms with Crippen LogP contribution in [-0.4, -0.2) is 73.0 Å². The molecule has 4 saturated carbocycles. The van der Waals surface area contributed by atoms with Crippen LogP contribution in [0.3, 0.4) is 0 Å². The van der Waals surface area contributed by atoms with E-state index in [0.717, 1.165) is 77.0 Å². The number of fused-ring (bicyclic) bond motifs is 5. The van der Waals surface area contributed by atoms with Gasteiger partial charge in [-0.1, -0.05) is 189 Å². The first kappa shape index (κ1) is 68.1. The molecule has 0 amide bonds. The summed E-state index contributed by atoms with van der Waals surface area (Å²) in [7, 11) is 0. The summed E-state index contributed by atoms with van der Waals surface area (Å²) in [5.74, 6) is 0.00669. The molecule has 0 bridgehead atoms. The predicted octanol–water partition coefficient (Wildman–Crippen LogP) is 17.6. The zero-order valence-electron chi connectivity index (χ0n) is 50.3. The predicted molar refractivity (Wildman–Crippen MR) is 303 cm³/mol. The maximum Gasteiger partial charge on any atom is 0.417 e. The molecule has 0 spiro atoms. The van der Waals surface area contributed by atoms with Crippen molar-refractivity contribution in [2.45, 2.75) is 322 Å². The SMILES string of the molecule is CCCCCCCCCCCCCCCC(=O)OCC(COC(=O)CCCCCCCCCCCCCCC)OC(=O)CCCC(=O)OCO[C@H](C)[C@@H](C)[C@H]1CC[C@H]2[C@@H]3CC[C@@H]4C[C@@](O)(C(F)(F)F)CC[C@]4(C)[C@H]3CC[C@]12C. The van der Waals surface area contributed by atoms with Gasteiger partial charge in [-0.3, -0.25) is 19.2 Å². The van der Waals surface area contributed by atoms with Crippen LogP contribution in [0.1, 0.15) is 298 Å². The Labute approximate surface area is 472 Å². The summed E-state index contributed by atoms with van der Waals surface area (Å²) in [5.41, 5.74) is -2.66. The molecular formula is C65H113F3O10. The highest BCUT2D eigenvalue weighted by atomic mass is 19.4. The van der Waals surface area contributed by atoms with Crippen LogP contribution in [-0.2, 0) is 42.9 Å². The van der Waals surface area contributed by atoms with Gasteiger partial charge >= 0.3 is 30.1 Å². The third kappa shape index (κ3) is 22.7. The average Bonchev–Trinajstić information content (AvgIpc) is 3.94. The summed E-state index contributed by atoms with van der Waals surface area (Å²) in [6.45, 7) is 12.7. The molecule has 4 aliphatic carbocycles. The number of halogens is 3. The van der Waals surface area contributed by atoms with Gasteiger partial charge in [0.15, 0.2) is 18.5 Å². The van der Waals surface area contributed by atoms with Gasteiger partial charge in [0.25, 0.3) is 0 Å². The van der Waals surface area contributed by atoms with Gasteiger partial charge in [0.1, 0.15) is 13.2 Å². The molecule has 0 saturated heterocycles. The van der Waals surface area contributed by atoms with Gasteiger partial charge in [-0.25, -0.2) is 0 Å². The van der Waals surface area contributed by atoms with E-state index in [1.165, 1.54) is 128 Å². The molecule has 4 rings (SSSR count). The van der Waals surface area contributed by atoms with Gasteiger partial charge in [-0.05, 0) is 130 Å². The molecule has 10 nitrogen and oxygen atoms in total. The Morgan fingerprint density at radius 3 is 1.44 bits per heavy atom. The van der Waals surface area contributed by atoms with Crippen molar-refractivity contribution in [3.05, 3.63) is 0 Å². The van der Waals surface area contributed by atoms with Crippen molar-refractivity contribution >= 4 is 23.9 Å². The average molecular weight is 1110 g/mol. The lowest BCUT2D eigenvalue weighted by molar-refractivity contribution is -0.290. The molecule has 78 heavy (non-hydrogen) atoms. The standard InChI is InChI=1S/C65H113F3O10/c1-7-9-11-13-15-17-19-21-23-25-27-29-31-34-58(69)74-47-53(48-75-59(70)35-32-30-28-26-24-22-20-18-16-14-12-10-8-2)78-61(72)37-33-36-60(71)77-49-76-51(4)50(3)55-40-41-56-54-39-38-52-46-64(73,65(66,67)68)45-44-62(52,5)57(54)42-43-63(55,56)6/h50-57,73H,7-49H2,1-6H3/t50-,51-,52-,54+,55-,56+,57+,62+,63-,64-/m1/s1. The molecule has 4 fully saturated rings. The van der Waals surface area contributed by atoms with E-state index in [-0.39, 0.29) is 106 Å². The Balaban J connectivity index is 1.13. The molecule has 10 atom stereocenters. The van der Waals surface area contributed by atoms with Gasteiger partial charge < -0.3 is 28.8 Å². The summed E-state index contributed by atoms with van der Waals surface area (Å²) in [6.07, 6.45) is 32.2. The number of rotatable bonds is 42. The van der Waals surface area contributed by atoms with E-state index in [9.17, 15) is 37.5 Å². The minimum absolute atomic E-state index is 0.0184. The molecule has 13 heteroatoms. The molecule has 0 aliphatic heterocycles. The monoisotopic (exact) mass is 1110 g/mol. The number of aliphatic hydroxyl groups is 1. The topological polar surface area (TPSA) is 135 Å². The minimum Gasteiger partial charge on any atom is -0.462 e. The number of hydrogen-bond acceptors (Lipinski definition) is 10. The van der Waals surface area contributed by atoms with Crippen LogP contribution in [0.25, 0.3) is 0 Å². The van der Waals surface area contributed by atoms with E-state index < -0.39 is 29.8 Å². The van der Waals surface area contributed by atoms with Gasteiger partial charge in [0.2, 0.25) is 0 Å². The number of unbranched alkanes of at least 4 members (excludes halogenated alkanes) is 24. The van der Waals surface area contributed by atoms with Crippen LogP contribution < -0.4 is 0 Å². The Bertz CT molecular complexity index is 1650. The lowest BCUT2D eigenvalue weighted by atomic mass is 9.43. The maximum atomic E-state index is 13.9. The maximum absolute atomic E-state index is 13.9. The summed E-state index contributed by atoms with van der Waals surface area (Å²) < 4.78 is 70.0. The van der Waals surface area contributed by atoms with Crippen LogP contribution in [0.5, 0.6) is 0 Å². The fraction of sp³-hybridized carbons (Fsp3) is 0.938. The van der Waals surface area contributed by atoms with Crippen LogP contribution in [0.2, 0.25) is 0 Å². The Hall–Kier alpha value is -2.41. The highest BCUT2D eigenvalue weighted by molar-refractivity contribution is 5.73. The number of hydrogen-bond donors (Lipinski definition) is 1. The molecule has 1 N–H and O–H groups in total. The first-order chi connectivity index (χ1) is 37.4. The third-order valence-electron chi connectivity index (χ3n) is 20.1. The van der Waals surface area contributed by atoms with Crippen molar-refractivity contribution in [3.63, 3.8) is 0 Å². The molecule has 0 radical (unpaired) electrons. The minimum atomic E-state index is -4.60. The lowest BCUT2D eigenvalue weighted by Gasteiger charge is -2.62. The van der Waals surface area contributed by atoms with Crippen molar-refractivity contribution < 1.29 is 61.1 Å². The van der Waals surface area contributed by atoms with Crippen LogP contribution in [0, 0.1) is 46.3 Å². The zero-order chi connectivity index (χ0) is 56.9. The van der Waals surface area contributed by atoms with Crippen molar-refractivity contribution in [2.75, 3.05) is 20.0 Å². The van der Waals surface area contributed by atoms with Gasteiger partial charge in [0, 0.05) is 25.7 Å². The number of carbonyl (C=O) groups excluding carboxylic acids is 4. The van der Waals surface area contributed by atoms with E-state index in [1.54, 1.807) is 0 Å². The molecule has 454 valence electrons. The summed E-state index contributed by atoms with van der Waals surface area (Å²) in [6, 6.07) is 0. The van der Waals surface area contributed by atoms with Gasteiger partial charge in [-0.15, -0.1) is 0 Å². The smallest absolute Gasteiger partial charge is 0.417 e. The van der Waals surface area contributed by atoms with E-state index in [4.69, 9.17) is 23.7 Å². The molecule has 4 aliphatic rings. The van der Waals surface area contributed by atoms with E-state index in [1.807, 2.05) is 6.92 Å². The highest BCUT2D eigenvalue weighted by Gasteiger charge is 2.65. The second kappa shape index (κ2) is 36.2. The third-order valence-corrected chi connectivity index (χ3v) is 20.1. The Kier molecular flexibility index (Phi) is 31.6. The van der Waals surface area contributed by atoms with Gasteiger partial charge in [-0.2, -0.15) is 13.2 Å². The fourth-order valence-electron chi connectivity index (χ4n) is 15.0. The first-order valence-electron chi connectivity index (χ1n) is 32.5. The van der Waals surface area contributed by atoms with Crippen LogP contribution >= 0.6 is 0 Å². The Morgan fingerprint density at radius 1 is 0.513 bits per heavy atom. The normalized spacial score (nSPS) is 26.6. The molecule has 0 aromatic heterocycles. The second-order valence-electron chi connectivity index (χ2n) is 25.8. The molecule has 0 aromatic rings. The second-order valence-corrected chi connectivity index (χ2v) is 25.8. The van der Waals surface area contributed by atoms with E-state index in [2.05, 4.69) is 34.6 Å². The van der Waals surface area contributed by atoms with E-state index in [0.29, 0.717) is 30.1 Å². The fourth-order valence-corrected chi connectivity index (χ4v) is 15.0. The van der Waals surface area contributed by atoms with Crippen LogP contribution in [0.15, 0.2) is 0 Å². The quantitative estimate of drug-likeness (QED) is 0.0272. The molecule has 0 aromatic carbocycles. The largest absolute Gasteiger partial charge is 0.462 e. The Morgan fingerprint density at radius 2 is 0.949 bits per heavy atom. The summed E-state index contributed by atoms with van der Waals surface area (Å²) in [4.78, 5) is 51.4. The van der Waals surface area contributed by atoms with Crippen molar-refractivity contribution in [3.8, 4) is 0 Å². The zero-order valence-corrected chi connectivity index (χ0v) is 50.3. The number of ether oxygens (including phenoxy) is 5.